The lowest BCUT2D eigenvalue weighted by molar-refractivity contribution is 0.701. The summed E-state index contributed by atoms with van der Waals surface area (Å²) in [5, 5.41) is 0.959. The Kier molecular flexibility index (Phi) is 3.57. The second-order valence-corrected chi connectivity index (χ2v) is 5.09. The van der Waals surface area contributed by atoms with Crippen LogP contribution >= 0.6 is 11.8 Å². The number of hydrogen-bond acceptors (Lipinski definition) is 5. The van der Waals surface area contributed by atoms with Crippen LogP contribution in [0.2, 0.25) is 0 Å². The summed E-state index contributed by atoms with van der Waals surface area (Å²) in [6.07, 6.45) is 1.74. The minimum atomic E-state index is -0.393. The number of thioether (sulfide) groups is 1. The molecule has 0 unspecified atom stereocenters. The van der Waals surface area contributed by atoms with Crippen molar-refractivity contribution >= 4 is 22.8 Å². The summed E-state index contributed by atoms with van der Waals surface area (Å²) in [5.41, 5.74) is -0.396. The van der Waals surface area contributed by atoms with Gasteiger partial charge in [-0.3, -0.25) is 13.9 Å². The zero-order valence-corrected chi connectivity index (χ0v) is 11.8. The van der Waals surface area contributed by atoms with Gasteiger partial charge in [-0.25, -0.2) is 14.8 Å². The Morgan fingerprint density at radius 3 is 2.58 bits per heavy atom. The van der Waals surface area contributed by atoms with Crippen molar-refractivity contribution in [3.63, 3.8) is 0 Å². The highest BCUT2D eigenvalue weighted by molar-refractivity contribution is 7.99. The second-order valence-electron chi connectivity index (χ2n) is 4.08. The molecule has 0 amide bonds. The zero-order chi connectivity index (χ0) is 14.2. The molecular weight excluding hydrogens is 264 g/mol. The van der Waals surface area contributed by atoms with Gasteiger partial charge in [0.15, 0.2) is 5.65 Å². The van der Waals surface area contributed by atoms with E-state index in [4.69, 9.17) is 0 Å². The molecule has 0 fully saturated rings. The smallest absolute Gasteiger partial charge is 0.280 e. The Morgan fingerprint density at radius 2 is 1.95 bits per heavy atom. The average Bonchev–Trinajstić information content (AvgIpc) is 2.39. The molecule has 19 heavy (non-hydrogen) atoms. The lowest BCUT2D eigenvalue weighted by Gasteiger charge is -2.09. The Balaban J connectivity index is 2.94. The van der Waals surface area contributed by atoms with E-state index in [-0.39, 0.29) is 5.56 Å². The van der Waals surface area contributed by atoms with E-state index in [1.165, 1.54) is 23.4 Å². The largest absolute Gasteiger partial charge is 0.332 e. The van der Waals surface area contributed by atoms with Crippen molar-refractivity contribution in [3.05, 3.63) is 39.3 Å². The first-order valence-corrected chi connectivity index (χ1v) is 6.64. The van der Waals surface area contributed by atoms with Crippen LogP contribution < -0.4 is 11.2 Å². The Bertz CT molecular complexity index is 776. The van der Waals surface area contributed by atoms with E-state index in [0.717, 1.165) is 4.57 Å². The van der Waals surface area contributed by atoms with Crippen LogP contribution in [-0.2, 0) is 14.1 Å². The molecule has 2 rings (SSSR count). The van der Waals surface area contributed by atoms with Crippen LogP contribution in [-0.4, -0.2) is 24.9 Å². The van der Waals surface area contributed by atoms with E-state index in [0.29, 0.717) is 27.6 Å². The third-order valence-corrected chi connectivity index (χ3v) is 3.69. The molecule has 0 atom stereocenters. The fraction of sp³-hybridized carbons (Fsp3) is 0.333. The molecule has 0 spiro atoms. The van der Waals surface area contributed by atoms with Crippen molar-refractivity contribution in [1.29, 1.82) is 0 Å². The lowest BCUT2D eigenvalue weighted by Crippen LogP contribution is -2.37. The van der Waals surface area contributed by atoms with E-state index in [1.807, 2.05) is 0 Å². The Morgan fingerprint density at radius 1 is 1.26 bits per heavy atom. The quantitative estimate of drug-likeness (QED) is 0.467. The number of rotatable bonds is 3. The molecule has 0 saturated heterocycles. The van der Waals surface area contributed by atoms with Crippen molar-refractivity contribution in [3.8, 4) is 0 Å². The summed E-state index contributed by atoms with van der Waals surface area (Å²) in [6.45, 7) is 5.38. The monoisotopic (exact) mass is 278 g/mol. The van der Waals surface area contributed by atoms with Gasteiger partial charge in [0.2, 0.25) is 0 Å². The van der Waals surface area contributed by atoms with Gasteiger partial charge in [0.25, 0.3) is 5.56 Å². The van der Waals surface area contributed by atoms with Crippen molar-refractivity contribution in [2.24, 2.45) is 14.1 Å². The van der Waals surface area contributed by atoms with Crippen molar-refractivity contribution in [2.75, 3.05) is 5.75 Å². The molecule has 0 saturated carbocycles. The minimum absolute atomic E-state index is 0.368. The molecule has 0 aliphatic heterocycles. The van der Waals surface area contributed by atoms with Crippen LogP contribution in [0.25, 0.3) is 11.0 Å². The van der Waals surface area contributed by atoms with Crippen LogP contribution in [0.4, 0.5) is 0 Å². The van der Waals surface area contributed by atoms with Crippen molar-refractivity contribution in [1.82, 2.24) is 19.1 Å². The molecule has 6 nitrogen and oxygen atoms in total. The van der Waals surface area contributed by atoms with Crippen molar-refractivity contribution in [2.45, 2.75) is 11.9 Å². The molecule has 100 valence electrons. The number of aromatic nitrogens is 4. The SMILES string of the molecule is C=CCSc1nc(C)nc2c1c(=O)n(C)c(=O)n2C. The predicted octanol–water partition coefficient (Wildman–Crippen LogP) is 0.614. The van der Waals surface area contributed by atoms with Gasteiger partial charge in [0, 0.05) is 19.8 Å². The first-order valence-electron chi connectivity index (χ1n) is 5.65. The number of nitrogens with zero attached hydrogens (tertiary/aromatic N) is 4. The van der Waals surface area contributed by atoms with Gasteiger partial charge in [0.1, 0.15) is 16.2 Å². The number of fused-ring (bicyclic) bond motifs is 1. The summed E-state index contributed by atoms with van der Waals surface area (Å²) in [5.74, 6) is 1.17. The van der Waals surface area contributed by atoms with Crippen LogP contribution in [0.15, 0.2) is 27.3 Å². The summed E-state index contributed by atoms with van der Waals surface area (Å²) in [6, 6.07) is 0. The molecule has 0 radical (unpaired) electrons. The molecule has 0 bridgehead atoms. The molecular formula is C12H14N4O2S. The van der Waals surface area contributed by atoms with E-state index in [1.54, 1.807) is 20.0 Å². The molecule has 0 N–H and O–H groups in total. The van der Waals surface area contributed by atoms with E-state index in [9.17, 15) is 9.59 Å². The van der Waals surface area contributed by atoms with Crippen LogP contribution in [0.1, 0.15) is 5.82 Å². The van der Waals surface area contributed by atoms with E-state index < -0.39 is 5.69 Å². The second kappa shape index (κ2) is 5.00. The van der Waals surface area contributed by atoms with Crippen LogP contribution in [0.5, 0.6) is 0 Å². The van der Waals surface area contributed by atoms with Gasteiger partial charge in [-0.15, -0.1) is 18.3 Å². The van der Waals surface area contributed by atoms with Crippen LogP contribution in [0.3, 0.4) is 0 Å². The molecule has 0 aliphatic rings. The standard InChI is InChI=1S/C12H14N4O2S/c1-5-6-19-10-8-9(13-7(2)14-10)15(3)12(18)16(4)11(8)17/h5H,1,6H2,2-4H3. The third kappa shape index (κ3) is 2.21. The molecule has 2 aromatic rings. The Labute approximate surface area is 113 Å². The summed E-state index contributed by atoms with van der Waals surface area (Å²) < 4.78 is 2.43. The lowest BCUT2D eigenvalue weighted by atomic mass is 10.4. The average molecular weight is 278 g/mol. The first kappa shape index (κ1) is 13.5. The fourth-order valence-corrected chi connectivity index (χ4v) is 2.57. The minimum Gasteiger partial charge on any atom is -0.280 e. The van der Waals surface area contributed by atoms with Crippen molar-refractivity contribution < 1.29 is 0 Å². The zero-order valence-electron chi connectivity index (χ0n) is 11.0. The van der Waals surface area contributed by atoms with Gasteiger partial charge in [-0.05, 0) is 6.92 Å². The summed E-state index contributed by atoms with van der Waals surface area (Å²) in [7, 11) is 3.05. The highest BCUT2D eigenvalue weighted by Crippen LogP contribution is 2.21. The maximum absolute atomic E-state index is 12.2. The maximum Gasteiger partial charge on any atom is 0.332 e. The maximum atomic E-state index is 12.2. The van der Waals surface area contributed by atoms with Gasteiger partial charge >= 0.3 is 5.69 Å². The molecule has 2 aromatic heterocycles. The van der Waals surface area contributed by atoms with Gasteiger partial charge in [0.05, 0.1) is 0 Å². The summed E-state index contributed by atoms with van der Waals surface area (Å²) >= 11 is 1.40. The molecule has 7 heteroatoms. The van der Waals surface area contributed by atoms with Gasteiger partial charge in [-0.2, -0.15) is 0 Å². The highest BCUT2D eigenvalue weighted by atomic mass is 32.2. The van der Waals surface area contributed by atoms with Gasteiger partial charge in [-0.1, -0.05) is 6.08 Å². The third-order valence-electron chi connectivity index (χ3n) is 2.72. The normalized spacial score (nSPS) is 10.9. The Hall–Kier alpha value is -1.89. The topological polar surface area (TPSA) is 69.8 Å². The number of hydrogen-bond donors (Lipinski definition) is 0. The van der Waals surface area contributed by atoms with Gasteiger partial charge < -0.3 is 0 Å². The number of aryl methyl sites for hydroxylation is 2. The fourth-order valence-electron chi connectivity index (χ4n) is 1.77. The predicted molar refractivity (Wildman–Crippen MR) is 75.7 cm³/mol. The molecule has 2 heterocycles. The van der Waals surface area contributed by atoms with Crippen LogP contribution in [0, 0.1) is 6.92 Å². The molecule has 0 aliphatic carbocycles. The molecule has 0 aromatic carbocycles. The highest BCUT2D eigenvalue weighted by Gasteiger charge is 2.15. The van der Waals surface area contributed by atoms with E-state index in [2.05, 4.69) is 16.5 Å². The summed E-state index contributed by atoms with van der Waals surface area (Å²) in [4.78, 5) is 32.6. The van der Waals surface area contributed by atoms with E-state index >= 15 is 0 Å². The first-order chi connectivity index (χ1) is 8.97.